The molecule has 0 heterocycles. The Kier molecular flexibility index (Phi) is 4.99. The molecule has 1 nitrogen and oxygen atoms in total. The molecule has 0 saturated heterocycles. The molecule has 2 aromatic rings. The molecule has 0 fully saturated rings. The van der Waals surface area contributed by atoms with E-state index in [-0.39, 0.29) is 6.04 Å². The zero-order valence-electron chi connectivity index (χ0n) is 11.7. The third-order valence-corrected chi connectivity index (χ3v) is 3.91. The number of rotatable bonds is 4. The summed E-state index contributed by atoms with van der Waals surface area (Å²) in [5.74, 6) is 0. The Hall–Kier alpha value is -0.870. The van der Waals surface area contributed by atoms with Gasteiger partial charge in [0.05, 0.1) is 6.04 Å². The maximum atomic E-state index is 3.59. The molecule has 100 valence electrons. The van der Waals surface area contributed by atoms with Crippen molar-refractivity contribution in [1.82, 2.24) is 5.32 Å². The number of hydrogen-bond donors (Lipinski definition) is 1. The predicted octanol–water partition coefficient (Wildman–Crippen LogP) is 4.61. The van der Waals surface area contributed by atoms with Crippen molar-refractivity contribution in [2.45, 2.75) is 26.8 Å². The molecule has 0 amide bonds. The van der Waals surface area contributed by atoms with Gasteiger partial charge in [0, 0.05) is 3.57 Å². The van der Waals surface area contributed by atoms with Crippen LogP contribution in [0.3, 0.4) is 0 Å². The van der Waals surface area contributed by atoms with Crippen molar-refractivity contribution >= 4 is 22.6 Å². The smallest absolute Gasteiger partial charge is 0.0576 e. The van der Waals surface area contributed by atoms with Crippen molar-refractivity contribution < 1.29 is 0 Å². The van der Waals surface area contributed by atoms with Crippen molar-refractivity contribution in [3.63, 3.8) is 0 Å². The highest BCUT2D eigenvalue weighted by molar-refractivity contribution is 14.1. The van der Waals surface area contributed by atoms with Crippen LogP contribution in [-0.4, -0.2) is 6.54 Å². The standard InChI is InChI=1S/C17H20IN/c1-4-19-17(14-5-7-16(18)8-6-14)15-10-12(2)9-13(3)11-15/h5-11,17,19H,4H2,1-3H3. The summed E-state index contributed by atoms with van der Waals surface area (Å²) in [6.07, 6.45) is 0. The van der Waals surface area contributed by atoms with E-state index in [0.29, 0.717) is 0 Å². The van der Waals surface area contributed by atoms with E-state index in [1.807, 2.05) is 0 Å². The van der Waals surface area contributed by atoms with Gasteiger partial charge in [-0.1, -0.05) is 48.4 Å². The van der Waals surface area contributed by atoms with Crippen molar-refractivity contribution in [3.05, 3.63) is 68.3 Å². The summed E-state index contributed by atoms with van der Waals surface area (Å²) in [4.78, 5) is 0. The highest BCUT2D eigenvalue weighted by atomic mass is 127. The van der Waals surface area contributed by atoms with Gasteiger partial charge in [0.25, 0.3) is 0 Å². The van der Waals surface area contributed by atoms with Crippen LogP contribution in [0.5, 0.6) is 0 Å². The Bertz CT molecular complexity index is 525. The van der Waals surface area contributed by atoms with Gasteiger partial charge in [-0.05, 0) is 66.2 Å². The van der Waals surface area contributed by atoms with E-state index >= 15 is 0 Å². The molecule has 1 N–H and O–H groups in total. The van der Waals surface area contributed by atoms with Crippen LogP contribution in [0.25, 0.3) is 0 Å². The predicted molar refractivity (Wildman–Crippen MR) is 90.6 cm³/mol. The van der Waals surface area contributed by atoms with Gasteiger partial charge in [-0.3, -0.25) is 0 Å². The number of aryl methyl sites for hydroxylation is 2. The number of nitrogens with one attached hydrogen (secondary N) is 1. The first-order chi connectivity index (χ1) is 9.10. The number of benzene rings is 2. The highest BCUT2D eigenvalue weighted by Crippen LogP contribution is 2.24. The Balaban J connectivity index is 2.41. The average molecular weight is 365 g/mol. The van der Waals surface area contributed by atoms with Gasteiger partial charge in [-0.15, -0.1) is 0 Å². The molecule has 2 aromatic carbocycles. The van der Waals surface area contributed by atoms with Crippen molar-refractivity contribution in [3.8, 4) is 0 Å². The van der Waals surface area contributed by atoms with E-state index < -0.39 is 0 Å². The average Bonchev–Trinajstić information content (AvgIpc) is 2.36. The summed E-state index contributed by atoms with van der Waals surface area (Å²) in [6.45, 7) is 7.44. The number of hydrogen-bond acceptors (Lipinski definition) is 1. The molecule has 0 bridgehead atoms. The van der Waals surface area contributed by atoms with Crippen LogP contribution in [-0.2, 0) is 0 Å². The topological polar surface area (TPSA) is 12.0 Å². The third kappa shape index (κ3) is 3.80. The molecule has 2 heteroatoms. The van der Waals surface area contributed by atoms with E-state index in [0.717, 1.165) is 6.54 Å². The maximum Gasteiger partial charge on any atom is 0.0576 e. The molecular weight excluding hydrogens is 345 g/mol. The van der Waals surface area contributed by atoms with Crippen LogP contribution < -0.4 is 5.32 Å². The van der Waals surface area contributed by atoms with Gasteiger partial charge in [0.2, 0.25) is 0 Å². The van der Waals surface area contributed by atoms with Crippen LogP contribution in [0.15, 0.2) is 42.5 Å². The number of halogens is 1. The zero-order valence-corrected chi connectivity index (χ0v) is 13.9. The second-order valence-corrected chi connectivity index (χ2v) is 6.21. The van der Waals surface area contributed by atoms with Crippen molar-refractivity contribution in [1.29, 1.82) is 0 Å². The molecule has 0 aliphatic heterocycles. The molecule has 0 saturated carbocycles. The Labute approximate surface area is 129 Å². The molecule has 0 radical (unpaired) electrons. The first-order valence-corrected chi connectivity index (χ1v) is 7.75. The minimum absolute atomic E-state index is 0.278. The third-order valence-electron chi connectivity index (χ3n) is 3.19. The molecule has 2 rings (SSSR count). The molecule has 0 spiro atoms. The minimum Gasteiger partial charge on any atom is -0.307 e. The summed E-state index contributed by atoms with van der Waals surface area (Å²) in [6, 6.07) is 15.8. The van der Waals surface area contributed by atoms with Gasteiger partial charge in [-0.25, -0.2) is 0 Å². The van der Waals surface area contributed by atoms with Crippen LogP contribution in [0.1, 0.15) is 35.2 Å². The fourth-order valence-electron chi connectivity index (χ4n) is 2.46. The van der Waals surface area contributed by atoms with E-state index in [4.69, 9.17) is 0 Å². The van der Waals surface area contributed by atoms with Crippen LogP contribution in [0.2, 0.25) is 0 Å². The molecule has 1 atom stereocenters. The first-order valence-electron chi connectivity index (χ1n) is 6.67. The van der Waals surface area contributed by atoms with E-state index in [1.165, 1.54) is 25.8 Å². The lowest BCUT2D eigenvalue weighted by molar-refractivity contribution is 0.630. The summed E-state index contributed by atoms with van der Waals surface area (Å²) >= 11 is 2.35. The van der Waals surface area contributed by atoms with Gasteiger partial charge in [-0.2, -0.15) is 0 Å². The Morgan fingerprint density at radius 3 is 2.05 bits per heavy atom. The lowest BCUT2D eigenvalue weighted by Crippen LogP contribution is -2.22. The minimum atomic E-state index is 0.278. The van der Waals surface area contributed by atoms with Gasteiger partial charge in [0.15, 0.2) is 0 Å². The second kappa shape index (κ2) is 6.53. The van der Waals surface area contributed by atoms with Crippen LogP contribution >= 0.6 is 22.6 Å². The molecular formula is C17H20IN. The van der Waals surface area contributed by atoms with E-state index in [9.17, 15) is 0 Å². The van der Waals surface area contributed by atoms with Crippen LogP contribution in [0, 0.1) is 17.4 Å². The van der Waals surface area contributed by atoms with Crippen molar-refractivity contribution in [2.75, 3.05) is 6.54 Å². The highest BCUT2D eigenvalue weighted by Gasteiger charge is 2.13. The lowest BCUT2D eigenvalue weighted by atomic mass is 9.95. The SMILES string of the molecule is CCNC(c1ccc(I)cc1)c1cc(C)cc(C)c1. The monoisotopic (exact) mass is 365 g/mol. The van der Waals surface area contributed by atoms with Crippen LogP contribution in [0.4, 0.5) is 0 Å². The summed E-state index contributed by atoms with van der Waals surface area (Å²) in [5.41, 5.74) is 5.32. The lowest BCUT2D eigenvalue weighted by Gasteiger charge is -2.20. The van der Waals surface area contributed by atoms with Crippen molar-refractivity contribution in [2.24, 2.45) is 0 Å². The fourth-order valence-corrected chi connectivity index (χ4v) is 2.82. The first kappa shape index (κ1) is 14.5. The van der Waals surface area contributed by atoms with E-state index in [1.54, 1.807) is 0 Å². The molecule has 0 aliphatic rings. The summed E-state index contributed by atoms with van der Waals surface area (Å²) in [7, 11) is 0. The molecule has 19 heavy (non-hydrogen) atoms. The van der Waals surface area contributed by atoms with E-state index in [2.05, 4.69) is 91.1 Å². The van der Waals surface area contributed by atoms with Gasteiger partial charge < -0.3 is 5.32 Å². The Morgan fingerprint density at radius 1 is 0.947 bits per heavy atom. The zero-order chi connectivity index (χ0) is 13.8. The Morgan fingerprint density at radius 2 is 1.53 bits per heavy atom. The normalized spacial score (nSPS) is 12.4. The molecule has 0 aromatic heterocycles. The summed E-state index contributed by atoms with van der Waals surface area (Å²) < 4.78 is 1.28. The molecule has 1 unspecified atom stereocenters. The maximum absolute atomic E-state index is 3.59. The van der Waals surface area contributed by atoms with Gasteiger partial charge in [0.1, 0.15) is 0 Å². The summed E-state index contributed by atoms with van der Waals surface area (Å²) in [5, 5.41) is 3.59. The fraction of sp³-hybridized carbons (Fsp3) is 0.294. The quantitative estimate of drug-likeness (QED) is 0.781. The van der Waals surface area contributed by atoms with Gasteiger partial charge >= 0.3 is 0 Å². The molecule has 0 aliphatic carbocycles. The largest absolute Gasteiger partial charge is 0.307 e. The second-order valence-electron chi connectivity index (χ2n) is 4.96.